The van der Waals surface area contributed by atoms with Crippen molar-refractivity contribution in [3.63, 3.8) is 0 Å². The van der Waals surface area contributed by atoms with Crippen molar-refractivity contribution in [2.24, 2.45) is 0 Å². The molecule has 12 heteroatoms. The van der Waals surface area contributed by atoms with Crippen LogP contribution in [0.15, 0.2) is 36.4 Å². The number of imide groups is 1. The zero-order valence-corrected chi connectivity index (χ0v) is 22.1. The van der Waals surface area contributed by atoms with Gasteiger partial charge in [0.1, 0.15) is 22.9 Å². The van der Waals surface area contributed by atoms with Gasteiger partial charge in [0.2, 0.25) is 31.9 Å². The van der Waals surface area contributed by atoms with Gasteiger partial charge in [0.05, 0.1) is 0 Å². The smallest absolute Gasteiger partial charge is 0.319 e. The number of amides is 4. The monoisotopic (exact) mass is 519 g/mol. The van der Waals surface area contributed by atoms with E-state index in [0.717, 1.165) is 27.8 Å². The Bertz CT molecular complexity index is 1050. The Hall–Kier alpha value is -3.12. The van der Waals surface area contributed by atoms with E-state index in [9.17, 15) is 24.0 Å². The number of hydrogen-bond donors (Lipinski definition) is 1. The summed E-state index contributed by atoms with van der Waals surface area (Å²) in [6.45, 7) is 12.2. The molecule has 4 heterocycles. The van der Waals surface area contributed by atoms with Crippen LogP contribution in [0.5, 0.6) is 11.5 Å². The maximum absolute atomic E-state index is 12.7. The number of carbonyl (C=O) groups is 5. The van der Waals surface area contributed by atoms with Gasteiger partial charge in [-0.2, -0.15) is 0 Å². The number of nitrogens with one attached hydrogen (secondary N) is 1. The first kappa shape index (κ1) is 26.5. The van der Waals surface area contributed by atoms with E-state index in [1.165, 1.54) is 11.8 Å². The lowest BCUT2D eigenvalue weighted by molar-refractivity contribution is -0.159. The molecule has 5 rings (SSSR count). The van der Waals surface area contributed by atoms with Crippen molar-refractivity contribution in [2.75, 3.05) is 0 Å². The summed E-state index contributed by atoms with van der Waals surface area (Å²) in [4.78, 5) is 62.2. The number of carbonyl (C=O) groups excluding carboxylic acids is 5. The molecular formula is C23H29N3O7SSi. The topological polar surface area (TPSA) is 122 Å². The van der Waals surface area contributed by atoms with Crippen molar-refractivity contribution in [2.45, 2.75) is 63.8 Å². The van der Waals surface area contributed by atoms with E-state index in [0.29, 0.717) is 5.57 Å². The molecule has 0 aromatic heterocycles. The first-order valence-electron chi connectivity index (χ1n) is 11.1. The molecule has 0 saturated carbocycles. The third-order valence-electron chi connectivity index (χ3n) is 5.07. The third kappa shape index (κ3) is 6.12. The van der Waals surface area contributed by atoms with Crippen LogP contribution in [-0.2, 0) is 28.4 Å². The molecule has 0 spiro atoms. The Morgan fingerprint density at radius 3 is 2.06 bits per heavy atom. The van der Waals surface area contributed by atoms with Gasteiger partial charge in [-0.1, -0.05) is 12.6 Å². The second-order valence-corrected chi connectivity index (χ2v) is 14.8. The normalized spacial score (nSPS) is 21.1. The molecule has 3 atom stereocenters. The average molecular weight is 520 g/mol. The molecule has 3 unspecified atom stereocenters. The molecule has 1 N–H and O–H groups in total. The Morgan fingerprint density at radius 2 is 1.69 bits per heavy atom. The lowest BCUT2D eigenvalue weighted by Crippen LogP contribution is -2.73. The second-order valence-electron chi connectivity index (χ2n) is 9.36. The Morgan fingerprint density at radius 1 is 1.14 bits per heavy atom. The highest BCUT2D eigenvalue weighted by Crippen LogP contribution is 2.38. The summed E-state index contributed by atoms with van der Waals surface area (Å²) < 4.78 is 11.6. The summed E-state index contributed by atoms with van der Waals surface area (Å²) in [5.74, 6) is -0.299. The van der Waals surface area contributed by atoms with E-state index in [1.54, 1.807) is 6.92 Å². The summed E-state index contributed by atoms with van der Waals surface area (Å²) in [7, 11) is -2.23. The van der Waals surface area contributed by atoms with E-state index in [4.69, 9.17) is 9.16 Å². The van der Waals surface area contributed by atoms with Crippen LogP contribution < -0.4 is 10.1 Å². The minimum absolute atomic E-state index is 0.0961. The summed E-state index contributed by atoms with van der Waals surface area (Å²) in [5, 5.41) is 1.71. The van der Waals surface area contributed by atoms with Crippen molar-refractivity contribution in [1.82, 2.24) is 14.5 Å². The first-order valence-corrected chi connectivity index (χ1v) is 15.3. The number of hydrogen-bond acceptors (Lipinski definition) is 8. The van der Waals surface area contributed by atoms with E-state index in [2.05, 4.69) is 11.9 Å². The van der Waals surface area contributed by atoms with Crippen LogP contribution in [0, 0.1) is 0 Å². The number of rotatable bonds is 7. The number of β-lactam (4-membered cyclic amide) rings is 1. The standard InChI is InChI=1S/C17H25N3O6SSi.C6H4O/c1-9(2)14(17(25)26-28(4,5)6)19-15(24)13(18-10(3)21)16(19)27-20-11(22)7-8-12(20)23;1-2-5-4-6(3-1)7-5/h13-14,16H,1,7-8H2,2-6H3,(H,18,21);1-4H. The molecular weight excluding hydrogens is 490 g/mol. The Kier molecular flexibility index (Phi) is 7.75. The van der Waals surface area contributed by atoms with Crippen LogP contribution >= 0.6 is 11.9 Å². The number of ether oxygens (including phenoxy) is 1. The third-order valence-corrected chi connectivity index (χ3v) is 7.22. The lowest BCUT2D eigenvalue weighted by Gasteiger charge is -2.50. The molecule has 10 nitrogen and oxygen atoms in total. The maximum Gasteiger partial charge on any atom is 0.319 e. The van der Waals surface area contributed by atoms with Crippen molar-refractivity contribution < 1.29 is 33.1 Å². The molecule has 2 bridgehead atoms. The first-order chi connectivity index (χ1) is 16.3. The zero-order chi connectivity index (χ0) is 26.1. The summed E-state index contributed by atoms with van der Waals surface area (Å²) in [6.07, 6.45) is 0.192. The largest absolute Gasteiger partial charge is 0.518 e. The molecule has 2 saturated heterocycles. The number of likely N-dealkylation sites (tertiary alicyclic amines) is 1. The van der Waals surface area contributed by atoms with Gasteiger partial charge in [0, 0.05) is 25.8 Å². The van der Waals surface area contributed by atoms with Gasteiger partial charge in [-0.25, -0.2) is 4.31 Å². The minimum atomic E-state index is -2.23. The zero-order valence-electron chi connectivity index (χ0n) is 20.3. The van der Waals surface area contributed by atoms with Crippen molar-refractivity contribution in [3.8, 4) is 11.5 Å². The van der Waals surface area contributed by atoms with Gasteiger partial charge in [0.25, 0.3) is 0 Å². The van der Waals surface area contributed by atoms with E-state index in [-0.39, 0.29) is 24.7 Å². The Balaban J connectivity index is 0.000000410. The van der Waals surface area contributed by atoms with Crippen LogP contribution in [0.1, 0.15) is 26.7 Å². The van der Waals surface area contributed by atoms with Crippen molar-refractivity contribution in [3.05, 3.63) is 36.4 Å². The quantitative estimate of drug-likeness (QED) is 0.195. The average Bonchev–Trinajstić information content (AvgIpc) is 3.05. The molecule has 4 aliphatic heterocycles. The van der Waals surface area contributed by atoms with Crippen LogP contribution in [-0.4, -0.2) is 64.6 Å². The van der Waals surface area contributed by atoms with Crippen LogP contribution in [0.3, 0.4) is 0 Å². The molecule has 2 fully saturated rings. The molecule has 1 aromatic carbocycles. The van der Waals surface area contributed by atoms with Crippen LogP contribution in [0.2, 0.25) is 19.6 Å². The molecule has 188 valence electrons. The predicted octanol–water partition coefficient (Wildman–Crippen LogP) is 2.57. The van der Waals surface area contributed by atoms with Gasteiger partial charge >= 0.3 is 5.97 Å². The summed E-state index contributed by atoms with van der Waals surface area (Å²) >= 11 is 0.840. The maximum atomic E-state index is 12.7. The Labute approximate surface area is 209 Å². The van der Waals surface area contributed by atoms with Gasteiger partial charge < -0.3 is 19.4 Å². The van der Waals surface area contributed by atoms with Crippen molar-refractivity contribution >= 4 is 49.9 Å². The number of benzene rings is 1. The SMILES string of the molecule is C=C(C)C(C(=O)O[Si](C)(C)C)N1C(=O)C(NC(C)=O)C1SN1C(=O)CCC1=O.c1cc2cc(c1)O2. The number of nitrogens with zero attached hydrogens (tertiary/aromatic N) is 2. The molecule has 4 aliphatic rings. The fourth-order valence-electron chi connectivity index (χ4n) is 3.59. The molecule has 35 heavy (non-hydrogen) atoms. The second kappa shape index (κ2) is 10.2. The number of fused-ring (bicyclic) bond motifs is 2. The summed E-state index contributed by atoms with van der Waals surface area (Å²) in [5.41, 5.74) is 0.391. The highest BCUT2D eigenvalue weighted by atomic mass is 32.2. The summed E-state index contributed by atoms with van der Waals surface area (Å²) in [6, 6.07) is 5.84. The van der Waals surface area contributed by atoms with E-state index >= 15 is 0 Å². The van der Waals surface area contributed by atoms with Gasteiger partial charge in [0.15, 0.2) is 6.04 Å². The van der Waals surface area contributed by atoms with Crippen molar-refractivity contribution in [1.29, 1.82) is 0 Å². The molecule has 0 radical (unpaired) electrons. The fourth-order valence-corrected chi connectivity index (χ4v) is 5.58. The van der Waals surface area contributed by atoms with Crippen LogP contribution in [0.25, 0.3) is 0 Å². The molecule has 4 amide bonds. The lowest BCUT2D eigenvalue weighted by atomic mass is 9.99. The predicted molar refractivity (Wildman–Crippen MR) is 131 cm³/mol. The highest BCUT2D eigenvalue weighted by Gasteiger charge is 2.56. The van der Waals surface area contributed by atoms with Gasteiger partial charge in [-0.05, 0) is 56.2 Å². The van der Waals surface area contributed by atoms with E-state index < -0.39 is 43.6 Å². The van der Waals surface area contributed by atoms with Crippen LogP contribution in [0.4, 0.5) is 0 Å². The molecule has 0 aliphatic carbocycles. The van der Waals surface area contributed by atoms with Gasteiger partial charge in [-0.3, -0.25) is 24.0 Å². The van der Waals surface area contributed by atoms with E-state index in [1.807, 2.05) is 43.9 Å². The fraction of sp³-hybridized carbons (Fsp3) is 0.435. The van der Waals surface area contributed by atoms with Gasteiger partial charge in [-0.15, -0.1) is 0 Å². The minimum Gasteiger partial charge on any atom is -0.518 e. The molecule has 1 aromatic rings. The highest BCUT2D eigenvalue weighted by molar-refractivity contribution is 7.98.